The molecule has 1 fully saturated rings. The van der Waals surface area contributed by atoms with Crippen LogP contribution >= 0.6 is 0 Å². The number of aryl methyl sites for hydroxylation is 1. The molecule has 1 aliphatic heterocycles. The van der Waals surface area contributed by atoms with Crippen LogP contribution in [0.4, 0.5) is 0 Å². The van der Waals surface area contributed by atoms with Crippen LogP contribution in [0.15, 0.2) is 42.5 Å². The standard InChI is InChI=1S/C20H16O5/c1-2-10-7-8-13-14(9-10)20(24)12-6-4-3-5-11(12)19(13,23)15-16(20)18(22)25-17(15)21/h3-9,15-16,23-24H,2H2,1H3. The zero-order valence-electron chi connectivity index (χ0n) is 13.5. The number of hydrogen-bond donors (Lipinski definition) is 2. The number of aliphatic hydroxyl groups is 2. The van der Waals surface area contributed by atoms with Gasteiger partial charge in [0.25, 0.3) is 0 Å². The summed E-state index contributed by atoms with van der Waals surface area (Å²) in [5, 5.41) is 23.4. The molecule has 2 N–H and O–H groups in total. The number of carbonyl (C=O) groups is 2. The third-order valence-corrected chi connectivity index (χ3v) is 6.00. The van der Waals surface area contributed by atoms with Gasteiger partial charge in [-0.25, -0.2) is 0 Å². The van der Waals surface area contributed by atoms with E-state index in [0.717, 1.165) is 12.0 Å². The summed E-state index contributed by atoms with van der Waals surface area (Å²) in [6.07, 6.45) is 0.751. The summed E-state index contributed by atoms with van der Waals surface area (Å²) in [4.78, 5) is 24.8. The van der Waals surface area contributed by atoms with Crippen LogP contribution in [0, 0.1) is 11.8 Å². The van der Waals surface area contributed by atoms with E-state index in [0.29, 0.717) is 22.3 Å². The van der Waals surface area contributed by atoms with Crippen LogP contribution in [0.25, 0.3) is 0 Å². The second kappa shape index (κ2) is 4.36. The lowest BCUT2D eigenvalue weighted by atomic mass is 9.50. The van der Waals surface area contributed by atoms with E-state index in [1.165, 1.54) is 0 Å². The Labute approximate surface area is 143 Å². The molecule has 2 aromatic rings. The number of benzene rings is 2. The Balaban J connectivity index is 1.95. The SMILES string of the molecule is CCc1ccc2c(c1)C1(O)c3ccccc3C2(O)C2C(=O)OC(=O)C21. The molecule has 1 heterocycles. The monoisotopic (exact) mass is 336 g/mol. The molecule has 0 amide bonds. The molecule has 5 nitrogen and oxygen atoms in total. The molecule has 3 aliphatic carbocycles. The van der Waals surface area contributed by atoms with Gasteiger partial charge in [-0.05, 0) is 34.2 Å². The van der Waals surface area contributed by atoms with Crippen molar-refractivity contribution < 1.29 is 24.5 Å². The van der Waals surface area contributed by atoms with Crippen molar-refractivity contribution in [2.75, 3.05) is 0 Å². The predicted octanol–water partition coefficient (Wildman–Crippen LogP) is 1.36. The summed E-state index contributed by atoms with van der Waals surface area (Å²) in [7, 11) is 0. The van der Waals surface area contributed by atoms with Crippen molar-refractivity contribution in [2.24, 2.45) is 11.8 Å². The van der Waals surface area contributed by atoms with Gasteiger partial charge in [-0.3, -0.25) is 9.59 Å². The average Bonchev–Trinajstić information content (AvgIpc) is 2.94. The van der Waals surface area contributed by atoms with Gasteiger partial charge in [0.05, 0.1) is 0 Å². The van der Waals surface area contributed by atoms with Gasteiger partial charge in [0.1, 0.15) is 23.0 Å². The Hall–Kier alpha value is -2.50. The molecule has 126 valence electrons. The first-order chi connectivity index (χ1) is 11.9. The molecule has 2 bridgehead atoms. The van der Waals surface area contributed by atoms with Gasteiger partial charge in [0.15, 0.2) is 0 Å². The summed E-state index contributed by atoms with van der Waals surface area (Å²) in [5.74, 6) is -3.84. The highest BCUT2D eigenvalue weighted by Gasteiger charge is 2.73. The van der Waals surface area contributed by atoms with E-state index in [4.69, 9.17) is 4.74 Å². The summed E-state index contributed by atoms with van der Waals surface area (Å²) in [6.45, 7) is 1.99. The molecule has 0 spiro atoms. The van der Waals surface area contributed by atoms with Crippen LogP contribution in [0.2, 0.25) is 0 Å². The average molecular weight is 336 g/mol. The second-order valence-electron chi connectivity index (χ2n) is 7.01. The third-order valence-electron chi connectivity index (χ3n) is 6.00. The molecule has 0 aromatic heterocycles. The maximum Gasteiger partial charge on any atom is 0.321 e. The van der Waals surface area contributed by atoms with E-state index in [9.17, 15) is 19.8 Å². The second-order valence-corrected chi connectivity index (χ2v) is 7.01. The first-order valence-electron chi connectivity index (χ1n) is 8.38. The Bertz CT molecular complexity index is 964. The van der Waals surface area contributed by atoms with Gasteiger partial charge in [0.2, 0.25) is 0 Å². The molecular weight excluding hydrogens is 320 g/mol. The van der Waals surface area contributed by atoms with Gasteiger partial charge in [-0.2, -0.15) is 0 Å². The molecule has 6 rings (SSSR count). The first-order valence-corrected chi connectivity index (χ1v) is 8.38. The van der Waals surface area contributed by atoms with Crippen molar-refractivity contribution in [3.8, 4) is 0 Å². The van der Waals surface area contributed by atoms with Crippen LogP contribution in [-0.2, 0) is 31.9 Å². The third kappa shape index (κ3) is 1.43. The predicted molar refractivity (Wildman–Crippen MR) is 86.3 cm³/mol. The normalized spacial score (nSPS) is 34.4. The zero-order valence-corrected chi connectivity index (χ0v) is 13.5. The lowest BCUT2D eigenvalue weighted by molar-refractivity contribution is -0.155. The molecule has 1 saturated heterocycles. The van der Waals surface area contributed by atoms with E-state index in [-0.39, 0.29) is 0 Å². The van der Waals surface area contributed by atoms with Crippen molar-refractivity contribution in [3.63, 3.8) is 0 Å². The van der Waals surface area contributed by atoms with E-state index in [2.05, 4.69) is 0 Å². The van der Waals surface area contributed by atoms with Crippen molar-refractivity contribution in [2.45, 2.75) is 24.5 Å². The molecular formula is C20H16O5. The van der Waals surface area contributed by atoms with Gasteiger partial charge >= 0.3 is 11.9 Å². The smallest absolute Gasteiger partial charge is 0.321 e. The minimum atomic E-state index is -1.69. The van der Waals surface area contributed by atoms with Gasteiger partial charge < -0.3 is 14.9 Å². The van der Waals surface area contributed by atoms with E-state index < -0.39 is 35.0 Å². The fraction of sp³-hybridized carbons (Fsp3) is 0.300. The molecule has 4 unspecified atom stereocenters. The van der Waals surface area contributed by atoms with Crippen LogP contribution in [-0.4, -0.2) is 22.2 Å². The van der Waals surface area contributed by atoms with Gasteiger partial charge in [0, 0.05) is 0 Å². The highest BCUT2D eigenvalue weighted by Crippen LogP contribution is 2.64. The van der Waals surface area contributed by atoms with E-state index >= 15 is 0 Å². The number of rotatable bonds is 1. The van der Waals surface area contributed by atoms with Crippen molar-refractivity contribution in [1.29, 1.82) is 0 Å². The number of ether oxygens (including phenoxy) is 1. The highest BCUT2D eigenvalue weighted by atomic mass is 16.6. The fourth-order valence-corrected chi connectivity index (χ4v) is 4.89. The first kappa shape index (κ1) is 14.8. The number of hydrogen-bond acceptors (Lipinski definition) is 5. The van der Waals surface area contributed by atoms with Gasteiger partial charge in [-0.15, -0.1) is 0 Å². The van der Waals surface area contributed by atoms with Crippen LogP contribution in [0.1, 0.15) is 34.7 Å². The number of cyclic esters (lactones) is 2. The summed E-state index contributed by atoms with van der Waals surface area (Å²) in [5.41, 5.74) is -0.505. The molecule has 4 aliphatic rings. The highest BCUT2D eigenvalue weighted by molar-refractivity contribution is 6.00. The summed E-state index contributed by atoms with van der Waals surface area (Å²) in [6, 6.07) is 12.3. The summed E-state index contributed by atoms with van der Waals surface area (Å²) < 4.78 is 4.84. The Morgan fingerprint density at radius 2 is 1.40 bits per heavy atom. The fourth-order valence-electron chi connectivity index (χ4n) is 4.89. The Kier molecular flexibility index (Phi) is 2.59. The number of esters is 2. The maximum absolute atomic E-state index is 12.4. The van der Waals surface area contributed by atoms with Crippen LogP contribution < -0.4 is 0 Å². The van der Waals surface area contributed by atoms with Crippen LogP contribution in [0.3, 0.4) is 0 Å². The molecule has 4 atom stereocenters. The molecule has 2 aromatic carbocycles. The maximum atomic E-state index is 12.4. The topological polar surface area (TPSA) is 83.8 Å². The molecule has 5 heteroatoms. The Morgan fingerprint density at radius 3 is 1.96 bits per heavy atom. The van der Waals surface area contributed by atoms with Crippen molar-refractivity contribution >= 4 is 11.9 Å². The molecule has 0 saturated carbocycles. The summed E-state index contributed by atoms with van der Waals surface area (Å²) >= 11 is 0. The Morgan fingerprint density at radius 1 is 0.880 bits per heavy atom. The zero-order chi connectivity index (χ0) is 17.6. The van der Waals surface area contributed by atoms with E-state index in [1.54, 1.807) is 30.3 Å². The van der Waals surface area contributed by atoms with Gasteiger partial charge in [-0.1, -0.05) is 49.4 Å². The lowest BCUT2D eigenvalue weighted by Crippen LogP contribution is -2.61. The quantitative estimate of drug-likeness (QED) is 0.607. The largest absolute Gasteiger partial charge is 0.392 e. The van der Waals surface area contributed by atoms with E-state index in [1.807, 2.05) is 19.1 Å². The van der Waals surface area contributed by atoms with Crippen molar-refractivity contribution in [1.82, 2.24) is 0 Å². The minimum Gasteiger partial charge on any atom is -0.392 e. The molecule has 0 radical (unpaired) electrons. The van der Waals surface area contributed by atoms with Crippen molar-refractivity contribution in [3.05, 3.63) is 70.3 Å². The molecule has 25 heavy (non-hydrogen) atoms. The lowest BCUT2D eigenvalue weighted by Gasteiger charge is -2.54. The van der Waals surface area contributed by atoms with Crippen LogP contribution in [0.5, 0.6) is 0 Å². The minimum absolute atomic E-state index is 0.460. The number of carbonyl (C=O) groups excluding carboxylic acids is 2.